The minimum absolute atomic E-state index is 0.171. The van der Waals surface area contributed by atoms with Gasteiger partial charge in [-0.25, -0.2) is 4.79 Å². The van der Waals surface area contributed by atoms with E-state index in [1.165, 1.54) is 6.92 Å². The first-order valence-corrected chi connectivity index (χ1v) is 9.36. The Bertz CT molecular complexity index is 1050. The SMILES string of the molecule is CC(=O)c1ccccc1NC(=O)COC(=O)c1cccc(OCc2ccccc2)c1. The minimum atomic E-state index is -0.643. The number of amides is 1. The zero-order chi connectivity index (χ0) is 21.3. The van der Waals surface area contributed by atoms with E-state index in [1.807, 2.05) is 30.3 Å². The van der Waals surface area contributed by atoms with Crippen molar-refractivity contribution < 1.29 is 23.9 Å². The van der Waals surface area contributed by atoms with Crippen LogP contribution in [0.1, 0.15) is 33.2 Å². The Morgan fingerprint density at radius 1 is 0.867 bits per heavy atom. The number of esters is 1. The quantitative estimate of drug-likeness (QED) is 0.449. The van der Waals surface area contributed by atoms with Crippen molar-refractivity contribution in [3.05, 3.63) is 95.6 Å². The highest BCUT2D eigenvalue weighted by molar-refractivity contribution is 6.04. The van der Waals surface area contributed by atoms with Crippen LogP contribution in [0.4, 0.5) is 5.69 Å². The van der Waals surface area contributed by atoms with Crippen LogP contribution in [0.2, 0.25) is 0 Å². The van der Waals surface area contributed by atoms with Gasteiger partial charge in [0.05, 0.1) is 11.3 Å². The van der Waals surface area contributed by atoms with Crippen molar-refractivity contribution in [1.82, 2.24) is 0 Å². The van der Waals surface area contributed by atoms with Gasteiger partial charge in [-0.15, -0.1) is 0 Å². The van der Waals surface area contributed by atoms with Crippen LogP contribution in [0.15, 0.2) is 78.9 Å². The summed E-state index contributed by atoms with van der Waals surface area (Å²) in [6, 6.07) is 22.9. The van der Waals surface area contributed by atoms with Gasteiger partial charge in [0.15, 0.2) is 12.4 Å². The number of nitrogens with one attached hydrogen (secondary N) is 1. The highest BCUT2D eigenvalue weighted by Crippen LogP contribution is 2.17. The zero-order valence-corrected chi connectivity index (χ0v) is 16.5. The summed E-state index contributed by atoms with van der Waals surface area (Å²) in [6.45, 7) is 1.31. The molecule has 0 saturated heterocycles. The van der Waals surface area contributed by atoms with Crippen LogP contribution >= 0.6 is 0 Å². The Morgan fingerprint density at radius 3 is 2.37 bits per heavy atom. The maximum atomic E-state index is 12.3. The molecule has 3 aromatic carbocycles. The second kappa shape index (κ2) is 10.0. The molecule has 6 heteroatoms. The molecule has 0 unspecified atom stereocenters. The average Bonchev–Trinajstić information content (AvgIpc) is 2.77. The Labute approximate surface area is 174 Å². The lowest BCUT2D eigenvalue weighted by atomic mass is 10.1. The third-order valence-corrected chi connectivity index (χ3v) is 4.23. The molecule has 0 radical (unpaired) electrons. The second-order valence-corrected chi connectivity index (χ2v) is 6.53. The number of hydrogen-bond acceptors (Lipinski definition) is 5. The summed E-state index contributed by atoms with van der Waals surface area (Å²) in [4.78, 5) is 36.0. The van der Waals surface area contributed by atoms with Crippen molar-refractivity contribution in [2.45, 2.75) is 13.5 Å². The molecule has 1 N–H and O–H groups in total. The van der Waals surface area contributed by atoms with E-state index in [9.17, 15) is 14.4 Å². The third kappa shape index (κ3) is 5.78. The van der Waals surface area contributed by atoms with Gasteiger partial charge >= 0.3 is 5.97 Å². The molecule has 0 atom stereocenters. The van der Waals surface area contributed by atoms with Crippen molar-refractivity contribution in [3.8, 4) is 5.75 Å². The molecule has 0 aliphatic carbocycles. The maximum absolute atomic E-state index is 12.3. The fourth-order valence-corrected chi connectivity index (χ4v) is 2.75. The van der Waals surface area contributed by atoms with E-state index < -0.39 is 18.5 Å². The van der Waals surface area contributed by atoms with E-state index in [-0.39, 0.29) is 11.3 Å². The molecule has 0 fully saturated rings. The van der Waals surface area contributed by atoms with Crippen LogP contribution in [0.3, 0.4) is 0 Å². The summed E-state index contributed by atoms with van der Waals surface area (Å²) < 4.78 is 10.8. The summed E-state index contributed by atoms with van der Waals surface area (Å²) in [5.41, 5.74) is 2.05. The molecule has 6 nitrogen and oxygen atoms in total. The molecular formula is C24H21NO5. The topological polar surface area (TPSA) is 81.7 Å². The number of rotatable bonds is 8. The van der Waals surface area contributed by atoms with Gasteiger partial charge in [0.1, 0.15) is 12.4 Å². The molecule has 30 heavy (non-hydrogen) atoms. The predicted molar refractivity (Wildman–Crippen MR) is 113 cm³/mol. The monoisotopic (exact) mass is 403 g/mol. The highest BCUT2D eigenvalue weighted by atomic mass is 16.5. The maximum Gasteiger partial charge on any atom is 0.338 e. The van der Waals surface area contributed by atoms with E-state index in [2.05, 4.69) is 5.32 Å². The number of ketones is 1. The van der Waals surface area contributed by atoms with Gasteiger partial charge < -0.3 is 14.8 Å². The number of carbonyl (C=O) groups is 3. The lowest BCUT2D eigenvalue weighted by Gasteiger charge is -2.10. The van der Waals surface area contributed by atoms with Crippen molar-refractivity contribution in [3.63, 3.8) is 0 Å². The molecule has 0 spiro atoms. The molecule has 152 valence electrons. The number of carbonyl (C=O) groups excluding carboxylic acids is 3. The van der Waals surface area contributed by atoms with Crippen molar-refractivity contribution in [1.29, 1.82) is 0 Å². The molecular weight excluding hydrogens is 382 g/mol. The van der Waals surface area contributed by atoms with Crippen LogP contribution < -0.4 is 10.1 Å². The van der Waals surface area contributed by atoms with E-state index in [0.717, 1.165) is 5.56 Å². The van der Waals surface area contributed by atoms with Gasteiger partial charge in [0, 0.05) is 5.56 Å². The van der Waals surface area contributed by atoms with Crippen LogP contribution in [0.25, 0.3) is 0 Å². The van der Waals surface area contributed by atoms with Gasteiger partial charge in [-0.1, -0.05) is 48.5 Å². The van der Waals surface area contributed by atoms with E-state index in [1.54, 1.807) is 48.5 Å². The lowest BCUT2D eigenvalue weighted by Crippen LogP contribution is -2.22. The molecule has 0 saturated carbocycles. The first-order valence-electron chi connectivity index (χ1n) is 9.36. The number of benzene rings is 3. The van der Waals surface area contributed by atoms with Gasteiger partial charge in [0.25, 0.3) is 5.91 Å². The molecule has 1 amide bonds. The largest absolute Gasteiger partial charge is 0.489 e. The molecule has 3 rings (SSSR count). The smallest absolute Gasteiger partial charge is 0.338 e. The first kappa shape index (κ1) is 20.8. The van der Waals surface area contributed by atoms with Gasteiger partial charge in [-0.2, -0.15) is 0 Å². The fraction of sp³-hybridized carbons (Fsp3) is 0.125. The van der Waals surface area contributed by atoms with Gasteiger partial charge in [-0.3, -0.25) is 9.59 Å². The van der Waals surface area contributed by atoms with E-state index in [4.69, 9.17) is 9.47 Å². The zero-order valence-electron chi connectivity index (χ0n) is 16.5. The molecule has 0 aliphatic rings. The van der Waals surface area contributed by atoms with E-state index >= 15 is 0 Å². The van der Waals surface area contributed by atoms with Gasteiger partial charge in [-0.05, 0) is 42.8 Å². The second-order valence-electron chi connectivity index (χ2n) is 6.53. The summed E-state index contributed by atoms with van der Waals surface area (Å²) in [5.74, 6) is -0.827. The van der Waals surface area contributed by atoms with E-state index in [0.29, 0.717) is 23.6 Å². The Kier molecular flexibility index (Phi) is 6.95. The van der Waals surface area contributed by atoms with Crippen LogP contribution in [0, 0.1) is 0 Å². The number of para-hydroxylation sites is 1. The lowest BCUT2D eigenvalue weighted by molar-refractivity contribution is -0.119. The van der Waals surface area contributed by atoms with Crippen molar-refractivity contribution in [2.24, 2.45) is 0 Å². The predicted octanol–water partition coefficient (Wildman–Crippen LogP) is 4.26. The van der Waals surface area contributed by atoms with Crippen LogP contribution in [-0.2, 0) is 16.1 Å². The highest BCUT2D eigenvalue weighted by Gasteiger charge is 2.13. The van der Waals surface area contributed by atoms with Crippen molar-refractivity contribution in [2.75, 3.05) is 11.9 Å². The molecule has 0 aliphatic heterocycles. The summed E-state index contributed by atoms with van der Waals surface area (Å²) >= 11 is 0. The first-order chi connectivity index (χ1) is 14.5. The standard InChI is InChI=1S/C24H21NO5/c1-17(26)21-12-5-6-13-22(21)25-23(27)16-30-24(28)19-10-7-11-20(14-19)29-15-18-8-3-2-4-9-18/h2-14H,15-16H2,1H3,(H,25,27). The Morgan fingerprint density at radius 2 is 1.60 bits per heavy atom. The minimum Gasteiger partial charge on any atom is -0.489 e. The molecule has 0 bridgehead atoms. The number of Topliss-reactive ketones (excluding diaryl/α,β-unsaturated/α-hetero) is 1. The van der Waals surface area contributed by atoms with Gasteiger partial charge in [0.2, 0.25) is 0 Å². The third-order valence-electron chi connectivity index (χ3n) is 4.23. The Balaban J connectivity index is 1.55. The van der Waals surface area contributed by atoms with Crippen molar-refractivity contribution >= 4 is 23.3 Å². The summed E-state index contributed by atoms with van der Waals surface area (Å²) in [6.07, 6.45) is 0. The Hall–Kier alpha value is -3.93. The molecule has 3 aromatic rings. The molecule has 0 aromatic heterocycles. The van der Waals surface area contributed by atoms with Crippen LogP contribution in [0.5, 0.6) is 5.75 Å². The summed E-state index contributed by atoms with van der Waals surface area (Å²) in [5, 5.41) is 2.59. The average molecular weight is 403 g/mol. The summed E-state index contributed by atoms with van der Waals surface area (Å²) in [7, 11) is 0. The number of hydrogen-bond donors (Lipinski definition) is 1. The normalized spacial score (nSPS) is 10.2. The molecule has 0 heterocycles. The number of ether oxygens (including phenoxy) is 2. The fourth-order valence-electron chi connectivity index (χ4n) is 2.75. The number of anilines is 1. The van der Waals surface area contributed by atoms with Crippen LogP contribution in [-0.4, -0.2) is 24.3 Å².